The zero-order valence-corrected chi connectivity index (χ0v) is 14.1. The summed E-state index contributed by atoms with van der Waals surface area (Å²) < 4.78 is 5.13. The van der Waals surface area contributed by atoms with Gasteiger partial charge >= 0.3 is 6.03 Å². The van der Waals surface area contributed by atoms with Gasteiger partial charge < -0.3 is 20.5 Å². The summed E-state index contributed by atoms with van der Waals surface area (Å²) in [6.45, 7) is 2.16. The molecular formula is C17H22N2O3S. The summed E-state index contributed by atoms with van der Waals surface area (Å²) in [5.41, 5.74) is 0.704. The molecule has 0 aliphatic heterocycles. The Kier molecular flexibility index (Phi) is 6.43. The number of aliphatic hydroxyl groups is 1. The molecule has 0 aliphatic carbocycles. The molecule has 0 saturated carbocycles. The molecule has 23 heavy (non-hydrogen) atoms. The van der Waals surface area contributed by atoms with Crippen LogP contribution < -0.4 is 15.4 Å². The molecule has 0 fully saturated rings. The number of amides is 2. The number of aliphatic hydroxyl groups excluding tert-OH is 1. The van der Waals surface area contributed by atoms with Crippen LogP contribution in [0.3, 0.4) is 0 Å². The number of hydrogen-bond acceptors (Lipinski definition) is 4. The maximum Gasteiger partial charge on any atom is 0.315 e. The number of rotatable bonds is 7. The van der Waals surface area contributed by atoms with E-state index in [1.807, 2.05) is 30.5 Å². The lowest BCUT2D eigenvalue weighted by atomic mass is 10.1. The van der Waals surface area contributed by atoms with Crippen molar-refractivity contribution in [2.45, 2.75) is 25.5 Å². The van der Waals surface area contributed by atoms with Crippen molar-refractivity contribution in [2.75, 3.05) is 13.7 Å². The monoisotopic (exact) mass is 334 g/mol. The predicted octanol–water partition coefficient (Wildman–Crippen LogP) is 3.24. The first kappa shape index (κ1) is 17.3. The maximum atomic E-state index is 12.0. The van der Waals surface area contributed by atoms with E-state index in [1.54, 1.807) is 36.6 Å². The highest BCUT2D eigenvalue weighted by Crippen LogP contribution is 2.21. The lowest BCUT2D eigenvalue weighted by Crippen LogP contribution is -2.39. The lowest BCUT2D eigenvalue weighted by Gasteiger charge is -2.18. The molecule has 1 aromatic heterocycles. The minimum absolute atomic E-state index is 0.0102. The van der Waals surface area contributed by atoms with Gasteiger partial charge in [-0.15, -0.1) is 11.3 Å². The molecule has 0 radical (unpaired) electrons. The highest BCUT2D eigenvalue weighted by molar-refractivity contribution is 7.10. The molecule has 2 aromatic rings. The van der Waals surface area contributed by atoms with Gasteiger partial charge in [0.1, 0.15) is 5.75 Å². The van der Waals surface area contributed by atoms with Crippen LogP contribution in [-0.4, -0.2) is 24.8 Å². The molecule has 1 aromatic carbocycles. The van der Waals surface area contributed by atoms with Gasteiger partial charge in [-0.2, -0.15) is 0 Å². The van der Waals surface area contributed by atoms with Crippen molar-refractivity contribution in [1.29, 1.82) is 0 Å². The maximum absolute atomic E-state index is 12.0. The standard InChI is InChI=1S/C17H22N2O3S/c1-3-14(16-8-5-9-23-16)19-17(21)18-11-15(20)12-6-4-7-13(10-12)22-2/h4-10,14-15,20H,3,11H2,1-2H3,(H2,18,19,21). The first-order valence-corrected chi connectivity index (χ1v) is 8.41. The van der Waals surface area contributed by atoms with E-state index in [0.717, 1.165) is 11.3 Å². The molecule has 0 saturated heterocycles. The molecule has 6 heteroatoms. The molecule has 2 amide bonds. The van der Waals surface area contributed by atoms with Crippen molar-refractivity contribution in [1.82, 2.24) is 10.6 Å². The molecule has 2 rings (SSSR count). The Morgan fingerprint density at radius 3 is 2.83 bits per heavy atom. The van der Waals surface area contributed by atoms with Crippen LogP contribution >= 0.6 is 11.3 Å². The number of nitrogens with one attached hydrogen (secondary N) is 2. The molecule has 3 N–H and O–H groups in total. The summed E-state index contributed by atoms with van der Waals surface area (Å²) in [5.74, 6) is 0.676. The zero-order valence-electron chi connectivity index (χ0n) is 13.3. The summed E-state index contributed by atoms with van der Waals surface area (Å²) in [5, 5.41) is 17.8. The van der Waals surface area contributed by atoms with Crippen LogP contribution in [0.4, 0.5) is 4.79 Å². The zero-order chi connectivity index (χ0) is 16.7. The number of hydrogen-bond donors (Lipinski definition) is 3. The van der Waals surface area contributed by atoms with Crippen molar-refractivity contribution in [2.24, 2.45) is 0 Å². The van der Waals surface area contributed by atoms with Crippen molar-refractivity contribution in [3.8, 4) is 5.75 Å². The van der Waals surface area contributed by atoms with Crippen LogP contribution in [0, 0.1) is 0 Å². The van der Waals surface area contributed by atoms with E-state index >= 15 is 0 Å². The lowest BCUT2D eigenvalue weighted by molar-refractivity contribution is 0.172. The largest absolute Gasteiger partial charge is 0.497 e. The van der Waals surface area contributed by atoms with Gasteiger partial charge in [0.05, 0.1) is 19.3 Å². The van der Waals surface area contributed by atoms with E-state index in [-0.39, 0.29) is 18.6 Å². The minimum atomic E-state index is -0.780. The number of thiophene rings is 1. The average Bonchev–Trinajstić information content (AvgIpc) is 3.12. The van der Waals surface area contributed by atoms with E-state index in [2.05, 4.69) is 10.6 Å². The van der Waals surface area contributed by atoms with Gasteiger partial charge in [-0.1, -0.05) is 25.1 Å². The van der Waals surface area contributed by atoms with Gasteiger partial charge in [0, 0.05) is 11.4 Å². The Morgan fingerprint density at radius 1 is 1.35 bits per heavy atom. The fourth-order valence-electron chi connectivity index (χ4n) is 2.23. The smallest absolute Gasteiger partial charge is 0.315 e. The molecule has 1 heterocycles. The minimum Gasteiger partial charge on any atom is -0.497 e. The quantitative estimate of drug-likeness (QED) is 0.728. The van der Waals surface area contributed by atoms with Crippen molar-refractivity contribution in [3.05, 3.63) is 52.2 Å². The van der Waals surface area contributed by atoms with Crippen LogP contribution in [0.25, 0.3) is 0 Å². The van der Waals surface area contributed by atoms with Gasteiger partial charge in [-0.3, -0.25) is 0 Å². The number of ether oxygens (including phenoxy) is 1. The summed E-state index contributed by atoms with van der Waals surface area (Å²) in [6, 6.07) is 10.8. The van der Waals surface area contributed by atoms with Gasteiger partial charge in [-0.05, 0) is 35.6 Å². The molecule has 5 nitrogen and oxygen atoms in total. The van der Waals surface area contributed by atoms with Crippen LogP contribution in [0.2, 0.25) is 0 Å². The molecule has 124 valence electrons. The van der Waals surface area contributed by atoms with Gasteiger partial charge in [0.15, 0.2) is 0 Å². The highest BCUT2D eigenvalue weighted by Gasteiger charge is 2.15. The Hall–Kier alpha value is -2.05. The number of benzene rings is 1. The third-order valence-electron chi connectivity index (χ3n) is 3.53. The topological polar surface area (TPSA) is 70.6 Å². The van der Waals surface area contributed by atoms with E-state index < -0.39 is 6.10 Å². The van der Waals surface area contributed by atoms with Crippen LogP contribution in [0.5, 0.6) is 5.75 Å². The first-order chi connectivity index (χ1) is 11.1. The van der Waals surface area contributed by atoms with Crippen LogP contribution in [0.1, 0.15) is 35.9 Å². The summed E-state index contributed by atoms with van der Waals surface area (Å²) in [6.07, 6.45) is 0.0319. The second-order valence-corrected chi connectivity index (χ2v) is 6.10. The van der Waals surface area contributed by atoms with E-state index in [4.69, 9.17) is 4.74 Å². The fourth-order valence-corrected chi connectivity index (χ4v) is 3.09. The fraction of sp³-hybridized carbons (Fsp3) is 0.353. The van der Waals surface area contributed by atoms with Crippen LogP contribution in [0.15, 0.2) is 41.8 Å². The third kappa shape index (κ3) is 4.97. The second-order valence-electron chi connectivity index (χ2n) is 5.12. The van der Waals surface area contributed by atoms with E-state index in [1.165, 1.54) is 0 Å². The van der Waals surface area contributed by atoms with Crippen LogP contribution in [-0.2, 0) is 0 Å². The Balaban J connectivity index is 1.85. The summed E-state index contributed by atoms with van der Waals surface area (Å²) >= 11 is 1.62. The molecule has 0 spiro atoms. The number of carbonyl (C=O) groups is 1. The van der Waals surface area contributed by atoms with Gasteiger partial charge in [0.2, 0.25) is 0 Å². The Morgan fingerprint density at radius 2 is 2.17 bits per heavy atom. The van der Waals surface area contributed by atoms with Crippen molar-refractivity contribution < 1.29 is 14.6 Å². The number of carbonyl (C=O) groups excluding carboxylic acids is 1. The first-order valence-electron chi connectivity index (χ1n) is 7.53. The highest BCUT2D eigenvalue weighted by atomic mass is 32.1. The average molecular weight is 334 g/mol. The number of urea groups is 1. The molecule has 0 bridgehead atoms. The normalized spacial score (nSPS) is 13.2. The Bertz CT molecular complexity index is 616. The second kappa shape index (κ2) is 8.55. The molecule has 0 aliphatic rings. The SMILES string of the molecule is CCC(NC(=O)NCC(O)c1cccc(OC)c1)c1cccs1. The van der Waals surface area contributed by atoms with Gasteiger partial charge in [0.25, 0.3) is 0 Å². The molecule has 2 atom stereocenters. The van der Waals surface area contributed by atoms with E-state index in [0.29, 0.717) is 11.3 Å². The third-order valence-corrected chi connectivity index (χ3v) is 4.52. The van der Waals surface area contributed by atoms with E-state index in [9.17, 15) is 9.90 Å². The Labute approximate surface area is 140 Å². The van der Waals surface area contributed by atoms with Crippen molar-refractivity contribution >= 4 is 17.4 Å². The van der Waals surface area contributed by atoms with Crippen molar-refractivity contribution in [3.63, 3.8) is 0 Å². The molecular weight excluding hydrogens is 312 g/mol. The summed E-state index contributed by atoms with van der Waals surface area (Å²) in [7, 11) is 1.58. The molecule has 2 unspecified atom stereocenters. The number of methoxy groups -OCH3 is 1. The van der Waals surface area contributed by atoms with Gasteiger partial charge in [-0.25, -0.2) is 4.79 Å². The predicted molar refractivity (Wildman–Crippen MR) is 91.8 cm³/mol. The summed E-state index contributed by atoms with van der Waals surface area (Å²) in [4.78, 5) is 13.1.